The van der Waals surface area contributed by atoms with Crippen molar-refractivity contribution in [3.63, 3.8) is 0 Å². The number of carbonyl (C=O) groups is 1. The highest BCUT2D eigenvalue weighted by Gasteiger charge is 2.40. The molecule has 1 atom stereocenters. The molecule has 2 rings (SSSR count). The molecule has 0 radical (unpaired) electrons. The average molecular weight is 509 g/mol. The molecule has 0 unspecified atom stereocenters. The summed E-state index contributed by atoms with van der Waals surface area (Å²) in [4.78, 5) is 16.4. The van der Waals surface area contributed by atoms with E-state index in [1.165, 1.54) is 26.2 Å². The van der Waals surface area contributed by atoms with Gasteiger partial charge in [-0.05, 0) is 23.6 Å². The number of rotatable bonds is 9. The Morgan fingerprint density at radius 1 is 1.27 bits per heavy atom. The van der Waals surface area contributed by atoms with Crippen molar-refractivity contribution >= 4 is 37.9 Å². The number of anilines is 2. The van der Waals surface area contributed by atoms with Gasteiger partial charge in [-0.15, -0.1) is 0 Å². The Hall–Kier alpha value is -2.38. The number of amides is 1. The second kappa shape index (κ2) is 10.3. The zero-order valence-electron chi connectivity index (χ0n) is 18.8. The third-order valence-electron chi connectivity index (χ3n) is 4.77. The number of alkyl halides is 3. The van der Waals surface area contributed by atoms with Crippen LogP contribution in [0.2, 0.25) is 0 Å². The molecule has 0 fully saturated rings. The molecule has 0 saturated carbocycles. The third kappa shape index (κ3) is 6.81. The summed E-state index contributed by atoms with van der Waals surface area (Å²) in [7, 11) is -0.841. The number of hydrogen-bond donors (Lipinski definition) is 3. The van der Waals surface area contributed by atoms with E-state index in [-0.39, 0.29) is 28.1 Å². The van der Waals surface area contributed by atoms with Crippen molar-refractivity contribution in [1.29, 1.82) is 0 Å². The van der Waals surface area contributed by atoms with Gasteiger partial charge >= 0.3 is 6.18 Å². The minimum Gasteiger partial charge on any atom is -0.392 e. The number of aliphatic hydroxyl groups excluding tert-OH is 1. The number of carbonyl (C=O) groups excluding carboxylic acids is 1. The Kier molecular flexibility index (Phi) is 8.36. The molecule has 13 heteroatoms. The first kappa shape index (κ1) is 26.9. The van der Waals surface area contributed by atoms with Crippen molar-refractivity contribution < 1.29 is 31.5 Å². The van der Waals surface area contributed by atoms with Gasteiger partial charge < -0.3 is 20.6 Å². The summed E-state index contributed by atoms with van der Waals surface area (Å²) in [6, 6.07) is 4.11. The molecule has 0 aliphatic heterocycles. The molecule has 0 spiro atoms. The van der Waals surface area contributed by atoms with Crippen LogP contribution in [0.15, 0.2) is 23.1 Å². The minimum atomic E-state index is -4.78. The van der Waals surface area contributed by atoms with Crippen LogP contribution in [0.1, 0.15) is 34.8 Å². The van der Waals surface area contributed by atoms with E-state index in [1.54, 1.807) is 6.07 Å². The molecular formula is C20H27F3N4O4S2. The van der Waals surface area contributed by atoms with Crippen LogP contribution in [0.25, 0.3) is 0 Å². The van der Waals surface area contributed by atoms with Crippen molar-refractivity contribution in [1.82, 2.24) is 9.88 Å². The van der Waals surface area contributed by atoms with E-state index in [9.17, 15) is 31.5 Å². The normalized spacial score (nSPS) is 13.2. The summed E-state index contributed by atoms with van der Waals surface area (Å²) in [5, 5.41) is 15.4. The van der Waals surface area contributed by atoms with E-state index in [2.05, 4.69) is 15.6 Å². The van der Waals surface area contributed by atoms with E-state index in [1.807, 2.05) is 13.8 Å². The fourth-order valence-corrected chi connectivity index (χ4v) is 4.92. The van der Waals surface area contributed by atoms with Gasteiger partial charge in [0, 0.05) is 38.6 Å². The van der Waals surface area contributed by atoms with Crippen molar-refractivity contribution in [2.24, 2.45) is 5.92 Å². The van der Waals surface area contributed by atoms with Gasteiger partial charge in [-0.3, -0.25) is 4.79 Å². The molecule has 184 valence electrons. The Balaban J connectivity index is 2.27. The first-order valence-electron chi connectivity index (χ1n) is 9.89. The number of aliphatic hydroxyl groups is 1. The van der Waals surface area contributed by atoms with Crippen molar-refractivity contribution in [3.8, 4) is 0 Å². The van der Waals surface area contributed by atoms with Gasteiger partial charge in [-0.25, -0.2) is 13.4 Å². The van der Waals surface area contributed by atoms with Crippen LogP contribution in [0.5, 0.6) is 0 Å². The molecule has 2 aromatic rings. The lowest BCUT2D eigenvalue weighted by molar-refractivity contribution is -0.141. The number of hydrogen-bond acceptors (Lipinski definition) is 8. The number of benzene rings is 1. The van der Waals surface area contributed by atoms with E-state index in [4.69, 9.17) is 0 Å². The minimum absolute atomic E-state index is 0.00867. The Labute approximate surface area is 194 Å². The highest BCUT2D eigenvalue weighted by atomic mass is 32.2. The Bertz CT molecular complexity index is 1100. The van der Waals surface area contributed by atoms with Crippen LogP contribution in [0, 0.1) is 5.92 Å². The van der Waals surface area contributed by atoms with Gasteiger partial charge in [0.05, 0.1) is 11.5 Å². The molecule has 0 aliphatic carbocycles. The van der Waals surface area contributed by atoms with Crippen LogP contribution < -0.4 is 10.6 Å². The van der Waals surface area contributed by atoms with Gasteiger partial charge in [-0.2, -0.15) is 13.2 Å². The van der Waals surface area contributed by atoms with E-state index >= 15 is 0 Å². The molecule has 0 bridgehead atoms. The Morgan fingerprint density at radius 3 is 2.39 bits per heavy atom. The van der Waals surface area contributed by atoms with Crippen LogP contribution in [-0.4, -0.2) is 62.3 Å². The lowest BCUT2D eigenvalue weighted by Gasteiger charge is -2.23. The summed E-state index contributed by atoms with van der Waals surface area (Å²) >= 11 is 0.633. The predicted octanol–water partition coefficient (Wildman–Crippen LogP) is 3.31. The number of halogens is 3. The second-order valence-corrected chi connectivity index (χ2v) is 11.0. The number of sulfone groups is 1. The predicted molar refractivity (Wildman–Crippen MR) is 121 cm³/mol. The van der Waals surface area contributed by atoms with Crippen LogP contribution in [0.4, 0.5) is 24.0 Å². The maximum absolute atomic E-state index is 13.4. The SMILES string of the molecule is CC(C)[C@H](CNc1ccc(CO)c(S(C)(=O)=O)c1)Nc1nc(C(F)(F)F)c(C(=O)N(C)C)s1. The molecule has 0 aliphatic rings. The number of nitrogens with one attached hydrogen (secondary N) is 2. The van der Waals surface area contributed by atoms with Crippen molar-refractivity contribution in [2.75, 3.05) is 37.5 Å². The Morgan fingerprint density at radius 2 is 1.91 bits per heavy atom. The summed E-state index contributed by atoms with van der Waals surface area (Å²) in [6.45, 7) is 3.52. The molecule has 33 heavy (non-hydrogen) atoms. The van der Waals surface area contributed by atoms with Gasteiger partial charge in [-0.1, -0.05) is 31.3 Å². The molecule has 3 N–H and O–H groups in total. The van der Waals surface area contributed by atoms with E-state index in [0.29, 0.717) is 17.0 Å². The lowest BCUT2D eigenvalue weighted by atomic mass is 10.0. The fraction of sp³-hybridized carbons (Fsp3) is 0.500. The summed E-state index contributed by atoms with van der Waals surface area (Å²) in [6.07, 6.45) is -3.74. The standard InChI is InChI=1S/C20H27F3N4O4S2/c1-11(2)14(9-24-13-7-6-12(10-28)15(8-13)33(5,30)31)25-19-26-17(20(21,22)23)16(32-19)18(29)27(3)4/h6-8,11,14,24,28H,9-10H2,1-5H3,(H,25,26)/t14-/m0/s1. The smallest absolute Gasteiger partial charge is 0.392 e. The molecular weight excluding hydrogens is 481 g/mol. The second-order valence-electron chi connectivity index (χ2n) is 8.02. The maximum Gasteiger partial charge on any atom is 0.435 e. The largest absolute Gasteiger partial charge is 0.435 e. The van der Waals surface area contributed by atoms with Gasteiger partial charge in [0.1, 0.15) is 4.88 Å². The summed E-state index contributed by atoms with van der Waals surface area (Å²) in [5.74, 6) is -0.834. The zero-order valence-corrected chi connectivity index (χ0v) is 20.5. The van der Waals surface area contributed by atoms with Crippen molar-refractivity contribution in [2.45, 2.75) is 37.6 Å². The van der Waals surface area contributed by atoms with Crippen LogP contribution >= 0.6 is 11.3 Å². The van der Waals surface area contributed by atoms with Crippen molar-refractivity contribution in [3.05, 3.63) is 34.3 Å². The third-order valence-corrected chi connectivity index (χ3v) is 6.93. The van der Waals surface area contributed by atoms with Gasteiger partial charge in [0.25, 0.3) is 5.91 Å². The first-order chi connectivity index (χ1) is 15.1. The lowest BCUT2D eigenvalue weighted by Crippen LogP contribution is -2.33. The van der Waals surface area contributed by atoms with Gasteiger partial charge in [0.2, 0.25) is 0 Å². The fourth-order valence-electron chi connectivity index (χ4n) is 2.90. The zero-order chi connectivity index (χ0) is 25.1. The quantitative estimate of drug-likeness (QED) is 0.477. The number of thiazole rings is 1. The molecule has 8 nitrogen and oxygen atoms in total. The molecule has 1 heterocycles. The van der Waals surface area contributed by atoms with E-state index in [0.717, 1.165) is 11.2 Å². The monoisotopic (exact) mass is 508 g/mol. The molecule has 1 aromatic carbocycles. The summed E-state index contributed by atoms with van der Waals surface area (Å²) < 4.78 is 64.2. The average Bonchev–Trinajstić information content (AvgIpc) is 3.13. The highest BCUT2D eigenvalue weighted by molar-refractivity contribution is 7.90. The summed E-state index contributed by atoms with van der Waals surface area (Å²) in [5.41, 5.74) is -0.498. The van der Waals surface area contributed by atoms with Crippen LogP contribution in [0.3, 0.4) is 0 Å². The number of nitrogens with zero attached hydrogens (tertiary/aromatic N) is 2. The topological polar surface area (TPSA) is 112 Å². The molecule has 1 aromatic heterocycles. The highest BCUT2D eigenvalue weighted by Crippen LogP contribution is 2.37. The van der Waals surface area contributed by atoms with Gasteiger partial charge in [0.15, 0.2) is 20.7 Å². The number of aromatic nitrogens is 1. The molecule has 0 saturated heterocycles. The maximum atomic E-state index is 13.4. The first-order valence-corrected chi connectivity index (χ1v) is 12.6. The van der Waals surface area contributed by atoms with E-state index < -0.39 is 45.1 Å². The van der Waals surface area contributed by atoms with Crippen LogP contribution in [-0.2, 0) is 22.6 Å². The molecule has 1 amide bonds.